The van der Waals surface area contributed by atoms with E-state index in [9.17, 15) is 4.79 Å². The van der Waals surface area contributed by atoms with Crippen LogP contribution in [0.4, 0.5) is 5.69 Å². The lowest BCUT2D eigenvalue weighted by molar-refractivity contribution is 0.102. The maximum Gasteiger partial charge on any atom is 0.274 e. The molecule has 0 aliphatic carbocycles. The van der Waals surface area contributed by atoms with Gasteiger partial charge in [-0.2, -0.15) is 0 Å². The number of para-hydroxylation sites is 1. The van der Waals surface area contributed by atoms with Gasteiger partial charge >= 0.3 is 0 Å². The number of halogens is 1. The summed E-state index contributed by atoms with van der Waals surface area (Å²) >= 11 is 5.85. The Bertz CT molecular complexity index is 783. The van der Waals surface area contributed by atoms with Crippen molar-refractivity contribution in [3.8, 4) is 0 Å². The molecule has 1 N–H and O–H groups in total. The van der Waals surface area contributed by atoms with Crippen LogP contribution in [-0.4, -0.2) is 15.9 Å². The Morgan fingerprint density at radius 1 is 1.05 bits per heavy atom. The van der Waals surface area contributed by atoms with Crippen molar-refractivity contribution in [3.05, 3.63) is 65.6 Å². The first kappa shape index (κ1) is 12.6. The van der Waals surface area contributed by atoms with E-state index in [2.05, 4.69) is 15.3 Å². The zero-order valence-corrected chi connectivity index (χ0v) is 11.1. The van der Waals surface area contributed by atoms with E-state index < -0.39 is 0 Å². The second-order valence-electron chi connectivity index (χ2n) is 4.19. The third-order valence-corrected chi connectivity index (χ3v) is 3.07. The van der Waals surface area contributed by atoms with E-state index in [4.69, 9.17) is 11.6 Å². The number of rotatable bonds is 2. The predicted molar refractivity (Wildman–Crippen MR) is 78.9 cm³/mol. The summed E-state index contributed by atoms with van der Waals surface area (Å²) in [6.45, 7) is 0. The molecule has 0 radical (unpaired) electrons. The van der Waals surface area contributed by atoms with Crippen molar-refractivity contribution >= 4 is 34.1 Å². The van der Waals surface area contributed by atoms with Gasteiger partial charge in [0.05, 0.1) is 11.2 Å². The van der Waals surface area contributed by atoms with Gasteiger partial charge in [-0.05, 0) is 24.3 Å². The van der Waals surface area contributed by atoms with Crippen molar-refractivity contribution in [2.45, 2.75) is 0 Å². The summed E-state index contributed by atoms with van der Waals surface area (Å²) in [7, 11) is 0. The average Bonchev–Trinajstić information content (AvgIpc) is 2.47. The summed E-state index contributed by atoms with van der Waals surface area (Å²) in [6.07, 6.45) is 3.19. The maximum atomic E-state index is 12.1. The van der Waals surface area contributed by atoms with E-state index in [1.54, 1.807) is 18.3 Å². The van der Waals surface area contributed by atoms with E-state index in [0.29, 0.717) is 10.7 Å². The van der Waals surface area contributed by atoms with Crippen molar-refractivity contribution in [1.82, 2.24) is 9.97 Å². The van der Waals surface area contributed by atoms with Gasteiger partial charge in [0, 0.05) is 22.8 Å². The van der Waals surface area contributed by atoms with Gasteiger partial charge in [0.25, 0.3) is 5.91 Å². The lowest BCUT2D eigenvalue weighted by Gasteiger charge is -2.07. The minimum absolute atomic E-state index is 0.269. The van der Waals surface area contributed by atoms with Gasteiger partial charge in [0.1, 0.15) is 5.69 Å². The Morgan fingerprint density at radius 2 is 1.90 bits per heavy atom. The summed E-state index contributed by atoms with van der Waals surface area (Å²) in [5.74, 6) is -0.314. The van der Waals surface area contributed by atoms with Crippen LogP contribution < -0.4 is 5.32 Å². The summed E-state index contributed by atoms with van der Waals surface area (Å²) in [4.78, 5) is 20.4. The number of pyridine rings is 2. The number of nitrogens with zero attached hydrogens (tertiary/aromatic N) is 2. The van der Waals surface area contributed by atoms with E-state index >= 15 is 0 Å². The summed E-state index contributed by atoms with van der Waals surface area (Å²) in [5, 5.41) is 4.24. The number of aromatic nitrogens is 2. The second-order valence-corrected chi connectivity index (χ2v) is 4.63. The lowest BCUT2D eigenvalue weighted by atomic mass is 10.2. The first-order valence-electron chi connectivity index (χ1n) is 6.01. The van der Waals surface area contributed by atoms with Crippen LogP contribution in [0.15, 0.2) is 54.9 Å². The molecule has 20 heavy (non-hydrogen) atoms. The number of amides is 1. The maximum absolute atomic E-state index is 12.1. The molecule has 0 atom stereocenters. The smallest absolute Gasteiger partial charge is 0.274 e. The van der Waals surface area contributed by atoms with Crippen LogP contribution in [0, 0.1) is 0 Å². The van der Waals surface area contributed by atoms with E-state index in [-0.39, 0.29) is 11.6 Å². The first-order chi connectivity index (χ1) is 9.74. The minimum Gasteiger partial charge on any atom is -0.319 e. The van der Waals surface area contributed by atoms with Crippen LogP contribution >= 0.6 is 11.6 Å². The normalized spacial score (nSPS) is 10.4. The zero-order valence-electron chi connectivity index (χ0n) is 10.4. The summed E-state index contributed by atoms with van der Waals surface area (Å²) < 4.78 is 0. The number of hydrogen-bond donors (Lipinski definition) is 1. The number of nitrogens with one attached hydrogen (secondary N) is 1. The topological polar surface area (TPSA) is 54.9 Å². The molecule has 4 nitrogen and oxygen atoms in total. The monoisotopic (exact) mass is 283 g/mol. The van der Waals surface area contributed by atoms with Gasteiger partial charge in [0.2, 0.25) is 0 Å². The Kier molecular flexibility index (Phi) is 3.31. The summed E-state index contributed by atoms with van der Waals surface area (Å²) in [6, 6.07) is 12.5. The Hall–Kier alpha value is -2.46. The fraction of sp³-hybridized carbons (Fsp3) is 0. The number of hydrogen-bond acceptors (Lipinski definition) is 3. The van der Waals surface area contributed by atoms with Crippen LogP contribution in [0.1, 0.15) is 10.5 Å². The van der Waals surface area contributed by atoms with Crippen LogP contribution in [0.25, 0.3) is 10.9 Å². The molecule has 98 valence electrons. The van der Waals surface area contributed by atoms with Crippen molar-refractivity contribution < 1.29 is 4.79 Å². The van der Waals surface area contributed by atoms with E-state index in [0.717, 1.165) is 10.9 Å². The van der Waals surface area contributed by atoms with Gasteiger partial charge in [-0.1, -0.05) is 29.8 Å². The quantitative estimate of drug-likeness (QED) is 0.783. The Balaban J connectivity index is 1.95. The summed E-state index contributed by atoms with van der Waals surface area (Å²) in [5.41, 5.74) is 1.66. The Labute approximate surface area is 120 Å². The molecular weight excluding hydrogens is 274 g/mol. The molecular formula is C15H10ClN3O. The standard InChI is InChI=1S/C15H10ClN3O/c16-11-6-8-17-13(9-11)15(20)19-12-5-1-3-10-4-2-7-18-14(10)12/h1-9H,(H,19,20). The lowest BCUT2D eigenvalue weighted by Crippen LogP contribution is -2.13. The fourth-order valence-electron chi connectivity index (χ4n) is 1.92. The molecule has 3 rings (SSSR count). The van der Waals surface area contributed by atoms with E-state index in [1.807, 2.05) is 24.3 Å². The molecule has 0 aliphatic rings. The molecule has 0 saturated heterocycles. The number of fused-ring (bicyclic) bond motifs is 1. The fourth-order valence-corrected chi connectivity index (χ4v) is 2.08. The highest BCUT2D eigenvalue weighted by Crippen LogP contribution is 2.21. The predicted octanol–water partition coefficient (Wildman–Crippen LogP) is 3.54. The van der Waals surface area contributed by atoms with Gasteiger partial charge in [0.15, 0.2) is 0 Å². The van der Waals surface area contributed by atoms with Crippen LogP contribution in [0.3, 0.4) is 0 Å². The van der Waals surface area contributed by atoms with Crippen molar-refractivity contribution in [1.29, 1.82) is 0 Å². The number of carbonyl (C=O) groups is 1. The molecule has 0 bridgehead atoms. The highest BCUT2D eigenvalue weighted by atomic mass is 35.5. The van der Waals surface area contributed by atoms with Gasteiger partial charge in [-0.25, -0.2) is 0 Å². The van der Waals surface area contributed by atoms with Crippen molar-refractivity contribution in [2.24, 2.45) is 0 Å². The molecule has 1 amide bonds. The molecule has 3 aromatic rings. The molecule has 2 heterocycles. The van der Waals surface area contributed by atoms with Gasteiger partial charge < -0.3 is 5.32 Å². The number of carbonyl (C=O) groups excluding carboxylic acids is 1. The molecule has 0 aliphatic heterocycles. The van der Waals surface area contributed by atoms with Crippen LogP contribution in [0.5, 0.6) is 0 Å². The van der Waals surface area contributed by atoms with E-state index in [1.165, 1.54) is 12.3 Å². The van der Waals surface area contributed by atoms with Crippen LogP contribution in [-0.2, 0) is 0 Å². The number of benzene rings is 1. The molecule has 2 aromatic heterocycles. The molecule has 0 unspecified atom stereocenters. The molecule has 0 fully saturated rings. The third-order valence-electron chi connectivity index (χ3n) is 2.84. The molecule has 5 heteroatoms. The van der Waals surface area contributed by atoms with Gasteiger partial charge in [-0.15, -0.1) is 0 Å². The van der Waals surface area contributed by atoms with Crippen molar-refractivity contribution in [2.75, 3.05) is 5.32 Å². The highest BCUT2D eigenvalue weighted by molar-refractivity contribution is 6.31. The van der Waals surface area contributed by atoms with Gasteiger partial charge in [-0.3, -0.25) is 14.8 Å². The largest absolute Gasteiger partial charge is 0.319 e. The first-order valence-corrected chi connectivity index (χ1v) is 6.38. The highest BCUT2D eigenvalue weighted by Gasteiger charge is 2.10. The Morgan fingerprint density at radius 3 is 2.75 bits per heavy atom. The molecule has 1 aromatic carbocycles. The van der Waals surface area contributed by atoms with Crippen molar-refractivity contribution in [3.63, 3.8) is 0 Å². The SMILES string of the molecule is O=C(Nc1cccc2cccnc12)c1cc(Cl)ccn1. The second kappa shape index (κ2) is 5.27. The minimum atomic E-state index is -0.314. The number of anilines is 1. The zero-order chi connectivity index (χ0) is 13.9. The van der Waals surface area contributed by atoms with Crippen LogP contribution in [0.2, 0.25) is 5.02 Å². The third kappa shape index (κ3) is 2.46. The average molecular weight is 284 g/mol. The molecule has 0 saturated carbocycles. The molecule has 0 spiro atoms.